The van der Waals surface area contributed by atoms with Crippen LogP contribution in [0.3, 0.4) is 0 Å². The number of nitrogens with two attached hydrogens (primary N) is 1. The number of allylic oxidation sites excluding steroid dienone is 10. The predicted octanol–water partition coefficient (Wildman–Crippen LogP) is 7.70. The van der Waals surface area contributed by atoms with Gasteiger partial charge < -0.3 is 25.4 Å². The molecule has 1 fully saturated rings. The second-order valence-corrected chi connectivity index (χ2v) is 14.7. The number of unbranched alkanes of at least 4 members (excludes halogenated alkanes) is 1. The number of carbonyl (C=O) groups excluding carboxylic acids is 1. The van der Waals surface area contributed by atoms with Gasteiger partial charge in [-0.15, -0.1) is 0 Å². The van der Waals surface area contributed by atoms with Gasteiger partial charge in [-0.2, -0.15) is 13.8 Å². The van der Waals surface area contributed by atoms with E-state index in [9.17, 15) is 19.3 Å². The Morgan fingerprint density at radius 3 is 2.29 bits per heavy atom. The molecular weight excluding hydrogens is 743 g/mol. The van der Waals surface area contributed by atoms with E-state index in [-0.39, 0.29) is 37.0 Å². The summed E-state index contributed by atoms with van der Waals surface area (Å²) in [4.78, 5) is 28.2. The fraction of sp³-hybridized carbons (Fsp3) is 0.390. The Bertz CT molecular complexity index is 1960. The first-order valence-corrected chi connectivity index (χ1v) is 20.3. The van der Waals surface area contributed by atoms with Crippen LogP contribution in [0.25, 0.3) is 10.8 Å². The molecule has 5 N–H and O–H groups in total. The van der Waals surface area contributed by atoms with Crippen molar-refractivity contribution in [2.45, 2.75) is 82.6 Å². The molecule has 1 saturated heterocycles. The molecule has 1 aliphatic rings. The highest BCUT2D eigenvalue weighted by atomic mass is 31.2. The molecule has 4 atom stereocenters. The van der Waals surface area contributed by atoms with Gasteiger partial charge in [-0.3, -0.25) is 13.9 Å². The molecular formula is C41H52F2N5O7P. The predicted molar refractivity (Wildman–Crippen MR) is 215 cm³/mol. The van der Waals surface area contributed by atoms with Gasteiger partial charge in [0, 0.05) is 31.1 Å². The minimum atomic E-state index is -4.35. The number of amides is 1. The van der Waals surface area contributed by atoms with Crippen molar-refractivity contribution in [3.05, 3.63) is 126 Å². The Kier molecular flexibility index (Phi) is 17.9. The normalized spacial score (nSPS) is 19.6. The fourth-order valence-corrected chi connectivity index (χ4v) is 6.98. The molecule has 302 valence electrons. The highest BCUT2D eigenvalue weighted by Crippen LogP contribution is 2.48. The van der Waals surface area contributed by atoms with Crippen molar-refractivity contribution >= 4 is 30.2 Å². The molecule has 1 aromatic heterocycles. The van der Waals surface area contributed by atoms with Crippen molar-refractivity contribution in [2.24, 2.45) is 0 Å². The third-order valence-electron chi connectivity index (χ3n) is 8.55. The summed E-state index contributed by atoms with van der Waals surface area (Å²) in [7, 11) is -4.35. The zero-order valence-corrected chi connectivity index (χ0v) is 32.4. The molecule has 0 saturated carbocycles. The summed E-state index contributed by atoms with van der Waals surface area (Å²) < 4.78 is 61.7. The van der Waals surface area contributed by atoms with Gasteiger partial charge in [-0.25, -0.2) is 14.4 Å². The Labute approximate surface area is 326 Å². The van der Waals surface area contributed by atoms with E-state index < -0.39 is 44.4 Å². The monoisotopic (exact) mass is 795 g/mol. The lowest BCUT2D eigenvalue weighted by Gasteiger charge is -2.23. The molecule has 0 bridgehead atoms. The van der Waals surface area contributed by atoms with Gasteiger partial charge in [0.15, 0.2) is 6.10 Å². The number of halogens is 2. The second-order valence-electron chi connectivity index (χ2n) is 12.9. The number of aliphatic hydroxyl groups is 1. The first kappa shape index (κ1) is 44.0. The average molecular weight is 796 g/mol. The number of hydrogen-bond acceptors (Lipinski definition) is 9. The Hall–Kier alpha value is -4.72. The lowest BCUT2D eigenvalue weighted by molar-refractivity contribution is -0.140. The van der Waals surface area contributed by atoms with Crippen LogP contribution in [-0.2, 0) is 18.6 Å². The van der Waals surface area contributed by atoms with E-state index in [4.69, 9.17) is 19.5 Å². The van der Waals surface area contributed by atoms with Crippen molar-refractivity contribution < 1.29 is 37.0 Å². The third-order valence-corrected chi connectivity index (χ3v) is 10.1. The van der Waals surface area contributed by atoms with Crippen LogP contribution in [0.4, 0.5) is 14.6 Å². The summed E-state index contributed by atoms with van der Waals surface area (Å²) in [6.07, 6.45) is 22.2. The Morgan fingerprint density at radius 2 is 1.61 bits per heavy atom. The fourth-order valence-electron chi connectivity index (χ4n) is 5.62. The van der Waals surface area contributed by atoms with Crippen LogP contribution in [0.5, 0.6) is 5.75 Å². The zero-order valence-electron chi connectivity index (χ0n) is 31.6. The summed E-state index contributed by atoms with van der Waals surface area (Å²) in [6.45, 7) is 1.31. The highest BCUT2D eigenvalue weighted by Gasteiger charge is 2.60. The van der Waals surface area contributed by atoms with Crippen molar-refractivity contribution in [1.29, 1.82) is 0 Å². The van der Waals surface area contributed by atoms with Crippen molar-refractivity contribution in [2.75, 3.05) is 25.4 Å². The number of nitrogens with one attached hydrogen (secondary N) is 2. The Morgan fingerprint density at radius 1 is 0.964 bits per heavy atom. The van der Waals surface area contributed by atoms with Crippen LogP contribution in [-0.4, -0.2) is 58.4 Å². The SMILES string of the molecule is CC/C=C\C/C=C\C/C=C\C/C=C\C/C=C\CCCC(=O)NCCNP(=O)(OC[C@H]1O[C@@H](n2ccc(N)nc2=O)C(F)(F)[C@@H]1O)Oc1cccc2ccccc12. The topological polar surface area (TPSA) is 167 Å². The van der Waals surface area contributed by atoms with E-state index >= 15 is 8.78 Å². The number of anilines is 1. The molecule has 3 aromatic rings. The number of carbonyl (C=O) groups is 1. The third kappa shape index (κ3) is 13.8. The summed E-state index contributed by atoms with van der Waals surface area (Å²) in [5, 5.41) is 17.3. The maximum atomic E-state index is 15.1. The first-order valence-electron chi connectivity index (χ1n) is 18.8. The largest absolute Gasteiger partial charge is 0.458 e. The number of ether oxygens (including phenoxy) is 1. The van der Waals surface area contributed by atoms with Crippen LogP contribution >= 0.6 is 7.75 Å². The van der Waals surface area contributed by atoms with Crippen molar-refractivity contribution in [1.82, 2.24) is 20.0 Å². The quantitative estimate of drug-likeness (QED) is 0.0424. The van der Waals surface area contributed by atoms with E-state index in [2.05, 4.69) is 77.0 Å². The standard InChI is InChI=1S/C41H52F2N5O7P/c1-2-3-4-5-6-7-8-9-10-11-12-13-14-15-16-17-18-26-37(49)45-28-29-46-56(52,55-34-25-21-23-32-22-19-20-24-33(32)34)53-31-35-38(50)41(42,43)39(54-35)48-30-27-36(44)47-40(48)51/h3-4,6-7,9-10,12-13,15-16,19-25,27,30,35,38-39,50H,2,5,8,11,14,17-18,26,28-29,31H2,1H3,(H,45,49)(H,46,52)(H2,44,47,51)/b4-3-,7-6-,10-9-,13-12-,16-15-/t35-,38-,39-,56?/m1/s1. The van der Waals surface area contributed by atoms with Crippen LogP contribution in [0.15, 0.2) is 120 Å². The van der Waals surface area contributed by atoms with Gasteiger partial charge in [0.05, 0.1) is 6.61 Å². The van der Waals surface area contributed by atoms with Crippen LogP contribution < -0.4 is 26.4 Å². The molecule has 2 aromatic carbocycles. The van der Waals surface area contributed by atoms with Gasteiger partial charge >= 0.3 is 19.4 Å². The summed E-state index contributed by atoms with van der Waals surface area (Å²) in [6, 6.07) is 13.4. The minimum Gasteiger partial charge on any atom is -0.413 e. The number of aromatic nitrogens is 2. The second kappa shape index (κ2) is 22.7. The van der Waals surface area contributed by atoms with E-state index in [1.54, 1.807) is 24.3 Å². The maximum Gasteiger partial charge on any atom is 0.458 e. The molecule has 0 aliphatic carbocycles. The van der Waals surface area contributed by atoms with E-state index in [0.29, 0.717) is 16.4 Å². The molecule has 1 unspecified atom stereocenters. The van der Waals surface area contributed by atoms with Crippen molar-refractivity contribution in [3.8, 4) is 5.75 Å². The minimum absolute atomic E-state index is 0.0580. The van der Waals surface area contributed by atoms with Gasteiger partial charge in [-0.05, 0) is 62.5 Å². The molecule has 56 heavy (non-hydrogen) atoms. The van der Waals surface area contributed by atoms with Crippen LogP contribution in [0, 0.1) is 0 Å². The summed E-state index contributed by atoms with van der Waals surface area (Å²) in [5.74, 6) is -4.13. The number of alkyl halides is 2. The molecule has 4 rings (SSSR count). The average Bonchev–Trinajstić information content (AvgIpc) is 3.40. The number of aliphatic hydroxyl groups excluding tert-OH is 1. The smallest absolute Gasteiger partial charge is 0.413 e. The summed E-state index contributed by atoms with van der Waals surface area (Å²) in [5.41, 5.74) is 4.37. The van der Waals surface area contributed by atoms with E-state index in [0.717, 1.165) is 56.2 Å². The van der Waals surface area contributed by atoms with Crippen LogP contribution in [0.2, 0.25) is 0 Å². The number of hydrogen-bond donors (Lipinski definition) is 4. The van der Waals surface area contributed by atoms with Gasteiger partial charge in [-0.1, -0.05) is 104 Å². The molecule has 15 heteroatoms. The van der Waals surface area contributed by atoms with Crippen LogP contribution in [0.1, 0.15) is 64.5 Å². The number of fused-ring (bicyclic) bond motifs is 1. The number of benzene rings is 2. The molecule has 1 amide bonds. The van der Waals surface area contributed by atoms with Crippen molar-refractivity contribution in [3.63, 3.8) is 0 Å². The summed E-state index contributed by atoms with van der Waals surface area (Å²) >= 11 is 0. The number of rotatable bonds is 23. The molecule has 12 nitrogen and oxygen atoms in total. The maximum absolute atomic E-state index is 15.1. The van der Waals surface area contributed by atoms with E-state index in [1.807, 2.05) is 24.3 Å². The molecule has 0 radical (unpaired) electrons. The van der Waals surface area contributed by atoms with Gasteiger partial charge in [0.1, 0.15) is 17.7 Å². The number of nitrogen functional groups attached to an aromatic ring is 1. The van der Waals surface area contributed by atoms with Gasteiger partial charge in [0.2, 0.25) is 12.1 Å². The lowest BCUT2D eigenvalue weighted by atomic mass is 10.1. The van der Waals surface area contributed by atoms with E-state index in [1.165, 1.54) is 0 Å². The van der Waals surface area contributed by atoms with Gasteiger partial charge in [0.25, 0.3) is 0 Å². The lowest BCUT2D eigenvalue weighted by Crippen LogP contribution is -2.42. The number of nitrogens with zero attached hydrogens (tertiary/aromatic N) is 2. The Balaban J connectivity index is 1.23. The first-order chi connectivity index (χ1) is 27.0. The highest BCUT2D eigenvalue weighted by molar-refractivity contribution is 7.52. The zero-order chi connectivity index (χ0) is 40.2. The molecule has 2 heterocycles. The molecule has 1 aliphatic heterocycles. The molecule has 0 spiro atoms.